The molecule has 0 spiro atoms. The Kier molecular flexibility index (Phi) is 9.12. The summed E-state index contributed by atoms with van der Waals surface area (Å²) in [5.41, 5.74) is 2.21. The summed E-state index contributed by atoms with van der Waals surface area (Å²) in [5.74, 6) is -0.830. The number of nitrogens with zero attached hydrogens (tertiary/aromatic N) is 2. The number of nitrogens with one attached hydrogen (secondary N) is 1. The normalized spacial score (nSPS) is 12.0. The second-order valence-corrected chi connectivity index (χ2v) is 10.7. The molecule has 1 N–H and O–H groups in total. The molecule has 0 saturated carbocycles. The van der Waals surface area contributed by atoms with Crippen molar-refractivity contribution in [2.45, 2.75) is 31.2 Å². The van der Waals surface area contributed by atoms with Gasteiger partial charge in [0, 0.05) is 18.6 Å². The number of sulfonamides is 1. The Balaban J connectivity index is 1.96. The molecule has 0 aromatic heterocycles. The predicted molar refractivity (Wildman–Crippen MR) is 143 cm³/mol. The van der Waals surface area contributed by atoms with E-state index in [4.69, 9.17) is 11.6 Å². The van der Waals surface area contributed by atoms with Gasteiger partial charge in [0.2, 0.25) is 11.8 Å². The Labute approximate surface area is 217 Å². The zero-order valence-corrected chi connectivity index (χ0v) is 22.1. The third-order valence-electron chi connectivity index (χ3n) is 5.90. The van der Waals surface area contributed by atoms with E-state index in [9.17, 15) is 18.0 Å². The molecule has 0 aliphatic carbocycles. The lowest BCUT2D eigenvalue weighted by atomic mass is 10.1. The largest absolute Gasteiger partial charge is 0.357 e. The summed E-state index contributed by atoms with van der Waals surface area (Å²) >= 11 is 6.03. The average molecular weight is 528 g/mol. The molecule has 7 nitrogen and oxygen atoms in total. The van der Waals surface area contributed by atoms with Crippen molar-refractivity contribution in [1.29, 1.82) is 0 Å². The average Bonchev–Trinajstić information content (AvgIpc) is 2.88. The van der Waals surface area contributed by atoms with Crippen LogP contribution in [-0.2, 0) is 26.0 Å². The van der Waals surface area contributed by atoms with Crippen molar-refractivity contribution < 1.29 is 18.0 Å². The summed E-state index contributed by atoms with van der Waals surface area (Å²) in [7, 11) is -2.59. The molecule has 3 aromatic rings. The fourth-order valence-corrected chi connectivity index (χ4v) is 5.29. The van der Waals surface area contributed by atoms with Crippen LogP contribution in [0.25, 0.3) is 0 Å². The molecule has 0 aliphatic rings. The van der Waals surface area contributed by atoms with E-state index in [0.717, 1.165) is 15.4 Å². The number of anilines is 1. The number of benzene rings is 3. The van der Waals surface area contributed by atoms with Gasteiger partial charge in [0.15, 0.2) is 0 Å². The summed E-state index contributed by atoms with van der Waals surface area (Å²) in [5, 5.41) is 3.01. The first kappa shape index (κ1) is 27.2. The first-order valence-electron chi connectivity index (χ1n) is 11.5. The molecule has 2 amide bonds. The van der Waals surface area contributed by atoms with E-state index in [1.807, 2.05) is 37.3 Å². The first-order valence-corrected chi connectivity index (χ1v) is 13.3. The second-order valence-electron chi connectivity index (χ2n) is 8.41. The van der Waals surface area contributed by atoms with E-state index >= 15 is 0 Å². The molecule has 0 heterocycles. The maximum absolute atomic E-state index is 13.7. The summed E-state index contributed by atoms with van der Waals surface area (Å²) in [6.07, 6.45) is 0.513. The summed E-state index contributed by atoms with van der Waals surface area (Å²) in [6, 6.07) is 21.5. The lowest BCUT2D eigenvalue weighted by molar-refractivity contribution is -0.138. The smallest absolute Gasteiger partial charge is 0.264 e. The number of amides is 2. The van der Waals surface area contributed by atoms with Gasteiger partial charge in [-0.1, -0.05) is 59.6 Å². The lowest BCUT2D eigenvalue weighted by Crippen LogP contribution is -2.51. The molecule has 0 bridgehead atoms. The molecule has 3 aromatic carbocycles. The van der Waals surface area contributed by atoms with Crippen molar-refractivity contribution in [1.82, 2.24) is 10.2 Å². The number of likely N-dealkylation sites (N-methyl/N-ethyl adjacent to an activating group) is 1. The zero-order valence-electron chi connectivity index (χ0n) is 20.5. The van der Waals surface area contributed by atoms with Crippen LogP contribution in [0.15, 0.2) is 83.8 Å². The van der Waals surface area contributed by atoms with Gasteiger partial charge in [0.25, 0.3) is 10.0 Å². The highest BCUT2D eigenvalue weighted by Gasteiger charge is 2.32. The van der Waals surface area contributed by atoms with Gasteiger partial charge < -0.3 is 10.2 Å². The Hall–Kier alpha value is -3.36. The van der Waals surface area contributed by atoms with E-state index < -0.39 is 28.5 Å². The second kappa shape index (κ2) is 12.1. The van der Waals surface area contributed by atoms with Crippen LogP contribution in [0.3, 0.4) is 0 Å². The minimum absolute atomic E-state index is 0.0611. The van der Waals surface area contributed by atoms with Gasteiger partial charge >= 0.3 is 0 Å². The van der Waals surface area contributed by atoms with E-state index in [2.05, 4.69) is 5.32 Å². The third-order valence-corrected chi connectivity index (χ3v) is 7.94. The van der Waals surface area contributed by atoms with Crippen LogP contribution in [0.5, 0.6) is 0 Å². The van der Waals surface area contributed by atoms with Crippen molar-refractivity contribution in [3.05, 3.63) is 95.0 Å². The molecule has 9 heteroatoms. The molecular formula is C27H30ClN3O4S. The van der Waals surface area contributed by atoms with Gasteiger partial charge in [0.1, 0.15) is 12.6 Å². The van der Waals surface area contributed by atoms with E-state index in [1.165, 1.54) is 24.1 Å². The SMILES string of the molecule is CNC(=O)[C@@H](C)N(CCc1ccccc1)C(=O)CN(c1ccc(Cl)cc1)S(=O)(=O)c1ccc(C)cc1. The summed E-state index contributed by atoms with van der Waals surface area (Å²) in [6.45, 7) is 3.26. The maximum atomic E-state index is 13.7. The topological polar surface area (TPSA) is 86.8 Å². The van der Waals surface area contributed by atoms with Gasteiger partial charge in [0.05, 0.1) is 10.6 Å². The number of halogens is 1. The van der Waals surface area contributed by atoms with Crippen LogP contribution in [0, 0.1) is 6.92 Å². The molecule has 190 valence electrons. The molecule has 1 atom stereocenters. The predicted octanol–water partition coefficient (Wildman–Crippen LogP) is 4.05. The van der Waals surface area contributed by atoms with E-state index in [1.54, 1.807) is 43.3 Å². The number of carbonyl (C=O) groups is 2. The Morgan fingerprint density at radius 3 is 2.14 bits per heavy atom. The minimum atomic E-state index is -4.09. The molecule has 0 aliphatic heterocycles. The highest BCUT2D eigenvalue weighted by atomic mass is 35.5. The number of hydrogen-bond donors (Lipinski definition) is 1. The van der Waals surface area contributed by atoms with Crippen LogP contribution in [0.2, 0.25) is 5.02 Å². The molecule has 0 unspecified atom stereocenters. The standard InChI is InChI=1S/C27H30ClN3O4S/c1-20-9-15-25(16-10-20)36(34,35)31(24-13-11-23(28)12-14-24)19-26(32)30(21(2)27(33)29-3)18-17-22-7-5-4-6-8-22/h4-16,21H,17-19H2,1-3H3,(H,29,33)/t21-/m1/s1. The Morgan fingerprint density at radius 2 is 1.56 bits per heavy atom. The fourth-order valence-electron chi connectivity index (χ4n) is 3.75. The zero-order chi connectivity index (χ0) is 26.3. The maximum Gasteiger partial charge on any atom is 0.264 e. The highest BCUT2D eigenvalue weighted by Crippen LogP contribution is 2.26. The number of carbonyl (C=O) groups excluding carboxylic acids is 2. The first-order chi connectivity index (χ1) is 17.1. The molecule has 36 heavy (non-hydrogen) atoms. The number of rotatable bonds is 10. The van der Waals surface area contributed by atoms with Crippen molar-refractivity contribution in [3.63, 3.8) is 0 Å². The van der Waals surface area contributed by atoms with Crippen molar-refractivity contribution in [3.8, 4) is 0 Å². The molecule has 0 radical (unpaired) electrons. The van der Waals surface area contributed by atoms with Gasteiger partial charge in [-0.3, -0.25) is 13.9 Å². The molecular weight excluding hydrogens is 498 g/mol. The van der Waals surface area contributed by atoms with Gasteiger partial charge in [-0.15, -0.1) is 0 Å². The Bertz CT molecular complexity index is 1280. The number of aryl methyl sites for hydroxylation is 1. The monoisotopic (exact) mass is 527 g/mol. The summed E-state index contributed by atoms with van der Waals surface area (Å²) < 4.78 is 28.4. The summed E-state index contributed by atoms with van der Waals surface area (Å²) in [4.78, 5) is 27.6. The third kappa shape index (κ3) is 6.65. The van der Waals surface area contributed by atoms with Crippen LogP contribution in [0.1, 0.15) is 18.1 Å². The van der Waals surface area contributed by atoms with Crippen molar-refractivity contribution in [2.24, 2.45) is 0 Å². The number of hydrogen-bond acceptors (Lipinski definition) is 4. The minimum Gasteiger partial charge on any atom is -0.357 e. The fraction of sp³-hybridized carbons (Fsp3) is 0.259. The van der Waals surface area contributed by atoms with Crippen LogP contribution in [0.4, 0.5) is 5.69 Å². The van der Waals surface area contributed by atoms with Crippen LogP contribution < -0.4 is 9.62 Å². The molecule has 0 saturated heterocycles. The van der Waals surface area contributed by atoms with Crippen LogP contribution >= 0.6 is 11.6 Å². The lowest BCUT2D eigenvalue weighted by Gasteiger charge is -2.31. The van der Waals surface area contributed by atoms with E-state index in [0.29, 0.717) is 17.1 Å². The van der Waals surface area contributed by atoms with Gasteiger partial charge in [-0.25, -0.2) is 8.42 Å². The van der Waals surface area contributed by atoms with E-state index in [-0.39, 0.29) is 17.3 Å². The Morgan fingerprint density at radius 1 is 0.944 bits per heavy atom. The molecule has 0 fully saturated rings. The van der Waals surface area contributed by atoms with Crippen molar-refractivity contribution >= 4 is 39.1 Å². The quantitative estimate of drug-likeness (QED) is 0.431. The van der Waals surface area contributed by atoms with Crippen LogP contribution in [-0.4, -0.2) is 51.3 Å². The van der Waals surface area contributed by atoms with Gasteiger partial charge in [-0.05, 0) is 62.2 Å². The molecule has 3 rings (SSSR count). The van der Waals surface area contributed by atoms with Gasteiger partial charge in [-0.2, -0.15) is 0 Å². The highest BCUT2D eigenvalue weighted by molar-refractivity contribution is 7.92. The van der Waals surface area contributed by atoms with Crippen molar-refractivity contribution in [2.75, 3.05) is 24.4 Å².